The number of rotatable bonds is 5. The molecule has 0 fully saturated rings. The van der Waals surface area contributed by atoms with Crippen LogP contribution in [0.2, 0.25) is 0 Å². The summed E-state index contributed by atoms with van der Waals surface area (Å²) in [5.74, 6) is 0.907. The molecule has 3 nitrogen and oxygen atoms in total. The van der Waals surface area contributed by atoms with E-state index in [9.17, 15) is 0 Å². The van der Waals surface area contributed by atoms with Crippen molar-refractivity contribution in [2.24, 2.45) is 5.10 Å². The van der Waals surface area contributed by atoms with Gasteiger partial charge in [-0.15, -0.1) is 0 Å². The third-order valence-corrected chi connectivity index (χ3v) is 4.61. The van der Waals surface area contributed by atoms with Crippen LogP contribution in [0.3, 0.4) is 0 Å². The van der Waals surface area contributed by atoms with Crippen LogP contribution >= 0.6 is 0 Å². The van der Waals surface area contributed by atoms with E-state index in [1.165, 1.54) is 11.1 Å². The Bertz CT molecular complexity index is 873. The molecular weight excluding hydrogens is 320 g/mol. The summed E-state index contributed by atoms with van der Waals surface area (Å²) in [5.41, 5.74) is 4.65. The molecule has 1 atom stereocenters. The standard InChI is InChI=1S/C23H22N2O/c1-2-26-21-15-13-19(14-16-21)23-17-22(18-9-5-3-6-10-18)24-25(23)20-11-7-4-8-12-20/h3-16,23H,2,17H2,1H3. The Morgan fingerprint density at radius 2 is 1.54 bits per heavy atom. The molecule has 1 aliphatic heterocycles. The van der Waals surface area contributed by atoms with E-state index < -0.39 is 0 Å². The largest absolute Gasteiger partial charge is 0.494 e. The number of anilines is 1. The maximum atomic E-state index is 5.58. The number of hydrogen-bond acceptors (Lipinski definition) is 3. The van der Waals surface area contributed by atoms with Gasteiger partial charge in [0.1, 0.15) is 5.75 Å². The third kappa shape index (κ3) is 3.33. The lowest BCUT2D eigenvalue weighted by atomic mass is 9.98. The van der Waals surface area contributed by atoms with Crippen molar-refractivity contribution in [2.75, 3.05) is 11.6 Å². The van der Waals surface area contributed by atoms with Crippen molar-refractivity contribution in [1.82, 2.24) is 0 Å². The van der Waals surface area contributed by atoms with Crippen LogP contribution in [-0.2, 0) is 0 Å². The summed E-state index contributed by atoms with van der Waals surface area (Å²) in [5, 5.41) is 7.10. The fraction of sp³-hybridized carbons (Fsp3) is 0.174. The molecule has 0 radical (unpaired) electrons. The van der Waals surface area contributed by atoms with E-state index in [1.54, 1.807) is 0 Å². The zero-order chi connectivity index (χ0) is 17.8. The van der Waals surface area contributed by atoms with E-state index in [-0.39, 0.29) is 6.04 Å². The van der Waals surface area contributed by atoms with Gasteiger partial charge >= 0.3 is 0 Å². The summed E-state index contributed by atoms with van der Waals surface area (Å²) in [4.78, 5) is 0. The maximum Gasteiger partial charge on any atom is 0.119 e. The van der Waals surface area contributed by atoms with Crippen LogP contribution in [-0.4, -0.2) is 12.3 Å². The molecule has 0 aliphatic carbocycles. The Labute approximate surface area is 154 Å². The van der Waals surface area contributed by atoms with Gasteiger partial charge in [-0.05, 0) is 42.3 Å². The first-order chi connectivity index (χ1) is 12.8. The van der Waals surface area contributed by atoms with Crippen LogP contribution < -0.4 is 9.75 Å². The third-order valence-electron chi connectivity index (χ3n) is 4.61. The quantitative estimate of drug-likeness (QED) is 0.616. The number of hydrogen-bond donors (Lipinski definition) is 0. The Balaban J connectivity index is 1.68. The summed E-state index contributed by atoms with van der Waals surface area (Å²) in [6.07, 6.45) is 0.882. The van der Waals surface area contributed by atoms with E-state index in [1.807, 2.05) is 31.2 Å². The molecule has 0 bridgehead atoms. The summed E-state index contributed by atoms with van der Waals surface area (Å²) in [7, 11) is 0. The van der Waals surface area contributed by atoms with Gasteiger partial charge in [-0.1, -0.05) is 60.7 Å². The summed E-state index contributed by atoms with van der Waals surface area (Å²) in [6.45, 7) is 2.68. The molecule has 0 saturated heterocycles. The first-order valence-electron chi connectivity index (χ1n) is 9.05. The molecule has 4 rings (SSSR count). The first kappa shape index (κ1) is 16.4. The van der Waals surface area contributed by atoms with E-state index in [4.69, 9.17) is 9.84 Å². The molecule has 1 heterocycles. The molecule has 0 spiro atoms. The Hall–Kier alpha value is -3.07. The van der Waals surface area contributed by atoms with Gasteiger partial charge < -0.3 is 4.74 Å². The molecule has 0 N–H and O–H groups in total. The van der Waals surface area contributed by atoms with Crippen LogP contribution in [0, 0.1) is 0 Å². The van der Waals surface area contributed by atoms with Gasteiger partial charge in [0.2, 0.25) is 0 Å². The van der Waals surface area contributed by atoms with Gasteiger partial charge in [-0.2, -0.15) is 5.10 Å². The van der Waals surface area contributed by atoms with Gasteiger partial charge in [0.05, 0.1) is 24.0 Å². The molecule has 1 unspecified atom stereocenters. The number of hydrazone groups is 1. The molecule has 3 aromatic rings. The number of para-hydroxylation sites is 1. The van der Waals surface area contributed by atoms with E-state index in [0.29, 0.717) is 6.61 Å². The molecule has 0 saturated carbocycles. The molecule has 3 aromatic carbocycles. The van der Waals surface area contributed by atoms with Crippen LogP contribution in [0.1, 0.15) is 30.5 Å². The minimum absolute atomic E-state index is 0.184. The molecular formula is C23H22N2O. The van der Waals surface area contributed by atoms with Crippen molar-refractivity contribution in [3.05, 3.63) is 96.1 Å². The lowest BCUT2D eigenvalue weighted by Gasteiger charge is -2.24. The van der Waals surface area contributed by atoms with Crippen LogP contribution in [0.15, 0.2) is 90.0 Å². The monoisotopic (exact) mass is 342 g/mol. The topological polar surface area (TPSA) is 24.8 Å². The predicted octanol–water partition coefficient (Wildman–Crippen LogP) is 5.44. The first-order valence-corrected chi connectivity index (χ1v) is 9.05. The number of benzene rings is 3. The van der Waals surface area contributed by atoms with E-state index >= 15 is 0 Å². The second kappa shape index (κ2) is 7.44. The van der Waals surface area contributed by atoms with Crippen LogP contribution in [0.4, 0.5) is 5.69 Å². The normalized spacial score (nSPS) is 16.4. The van der Waals surface area contributed by atoms with Crippen LogP contribution in [0.5, 0.6) is 5.75 Å². The van der Waals surface area contributed by atoms with Crippen LogP contribution in [0.25, 0.3) is 0 Å². The zero-order valence-corrected chi connectivity index (χ0v) is 14.9. The van der Waals surface area contributed by atoms with Gasteiger partial charge in [0.25, 0.3) is 0 Å². The minimum Gasteiger partial charge on any atom is -0.494 e. The number of nitrogens with zero attached hydrogens (tertiary/aromatic N) is 2. The fourth-order valence-corrected chi connectivity index (χ4v) is 3.35. The highest BCUT2D eigenvalue weighted by Gasteiger charge is 2.29. The Kier molecular flexibility index (Phi) is 4.69. The highest BCUT2D eigenvalue weighted by molar-refractivity contribution is 6.03. The summed E-state index contributed by atoms with van der Waals surface area (Å²) >= 11 is 0. The summed E-state index contributed by atoms with van der Waals surface area (Å²) in [6, 6.07) is 29.4. The highest BCUT2D eigenvalue weighted by atomic mass is 16.5. The summed E-state index contributed by atoms with van der Waals surface area (Å²) < 4.78 is 5.58. The van der Waals surface area contributed by atoms with Crippen molar-refractivity contribution in [1.29, 1.82) is 0 Å². The van der Waals surface area contributed by atoms with Crippen molar-refractivity contribution in [2.45, 2.75) is 19.4 Å². The smallest absolute Gasteiger partial charge is 0.119 e. The zero-order valence-electron chi connectivity index (χ0n) is 14.9. The molecule has 0 aromatic heterocycles. The van der Waals surface area contributed by atoms with E-state index in [2.05, 4.69) is 65.7 Å². The van der Waals surface area contributed by atoms with Crippen molar-refractivity contribution >= 4 is 11.4 Å². The second-order valence-corrected chi connectivity index (χ2v) is 6.31. The Morgan fingerprint density at radius 3 is 2.19 bits per heavy atom. The second-order valence-electron chi connectivity index (χ2n) is 6.31. The SMILES string of the molecule is CCOc1ccc(C2CC(c3ccccc3)=NN2c2ccccc2)cc1. The number of ether oxygens (including phenoxy) is 1. The Morgan fingerprint density at radius 1 is 0.885 bits per heavy atom. The molecule has 3 heteroatoms. The van der Waals surface area contributed by atoms with Crippen molar-refractivity contribution < 1.29 is 4.74 Å². The van der Waals surface area contributed by atoms with Crippen molar-refractivity contribution in [3.63, 3.8) is 0 Å². The molecule has 26 heavy (non-hydrogen) atoms. The average molecular weight is 342 g/mol. The predicted molar refractivity (Wildman–Crippen MR) is 107 cm³/mol. The fourth-order valence-electron chi connectivity index (χ4n) is 3.35. The van der Waals surface area contributed by atoms with Crippen molar-refractivity contribution in [3.8, 4) is 5.75 Å². The van der Waals surface area contributed by atoms with E-state index in [0.717, 1.165) is 23.6 Å². The molecule has 1 aliphatic rings. The van der Waals surface area contributed by atoms with Gasteiger partial charge in [-0.3, -0.25) is 5.01 Å². The van der Waals surface area contributed by atoms with Gasteiger partial charge in [0, 0.05) is 6.42 Å². The minimum atomic E-state index is 0.184. The lowest BCUT2D eigenvalue weighted by Crippen LogP contribution is -2.18. The molecule has 130 valence electrons. The average Bonchev–Trinajstić information content (AvgIpc) is 3.16. The lowest BCUT2D eigenvalue weighted by molar-refractivity contribution is 0.340. The molecule has 0 amide bonds. The van der Waals surface area contributed by atoms with Gasteiger partial charge in [-0.25, -0.2) is 0 Å². The maximum absolute atomic E-state index is 5.58. The van der Waals surface area contributed by atoms with Gasteiger partial charge in [0.15, 0.2) is 0 Å². The highest BCUT2D eigenvalue weighted by Crippen LogP contribution is 2.37.